The molecule has 5 aromatic rings. The fourth-order valence-corrected chi connectivity index (χ4v) is 8.04. The third kappa shape index (κ3) is 10.4. The van der Waals surface area contributed by atoms with Crippen LogP contribution < -0.4 is 32.7 Å². The predicted molar refractivity (Wildman–Crippen MR) is 219 cm³/mol. The van der Waals surface area contributed by atoms with E-state index < -0.39 is 36.5 Å². The van der Waals surface area contributed by atoms with Gasteiger partial charge in [0, 0.05) is 44.6 Å². The van der Waals surface area contributed by atoms with E-state index in [0.717, 1.165) is 69.0 Å². The molecule has 4 aromatic heterocycles. The molecular formula is C41H48F3N11O7. The number of alkyl halides is 3. The van der Waals surface area contributed by atoms with Gasteiger partial charge in [0.15, 0.2) is 11.4 Å². The summed E-state index contributed by atoms with van der Waals surface area (Å²) in [6, 6.07) is 7.75. The molecule has 0 spiro atoms. The molecule has 0 bridgehead atoms. The molecule has 0 radical (unpaired) electrons. The van der Waals surface area contributed by atoms with Gasteiger partial charge in [0.2, 0.25) is 17.7 Å². The molecule has 1 unspecified atom stereocenters. The van der Waals surface area contributed by atoms with Crippen LogP contribution in [0.2, 0.25) is 0 Å². The van der Waals surface area contributed by atoms with Gasteiger partial charge in [-0.05, 0) is 94.1 Å². The number of piperidine rings is 1. The standard InChI is InChI=1S/C41H48F3N11O7/c1-53-35-25(5-2-7-30(35)55(40(53)60)31-12-13-33(56)51-38(31)59)6-3-17-61-18-4-15-46-20-24-8-10-27(11-9-24)54-21-28(34(52-54)36(45)57)49-37(58)29-22-62-39(50-29)26-14-16-47-32(19-26)48-23-41(42,43)44/h2,5,7,14,16,19,21-22,24,27,31,46H,3-4,6,8-13,15,17-18,20,23H2,1H3,(H2,45,57)(H,47,48)(H,49,58)(H,51,56,59). The van der Waals surface area contributed by atoms with Gasteiger partial charge in [-0.3, -0.25) is 38.3 Å². The number of ether oxygens (including phenoxy) is 1. The van der Waals surface area contributed by atoms with E-state index in [1.807, 2.05) is 18.2 Å². The maximum absolute atomic E-state index is 13.2. The second-order valence-corrected chi connectivity index (χ2v) is 15.5. The Labute approximate surface area is 352 Å². The number of halogens is 3. The topological polar surface area (TPSA) is 235 Å². The lowest BCUT2D eigenvalue weighted by Crippen LogP contribution is -2.44. The van der Waals surface area contributed by atoms with Crippen LogP contribution in [0, 0.1) is 5.92 Å². The van der Waals surface area contributed by atoms with Crippen molar-refractivity contribution in [3.05, 3.63) is 76.4 Å². The van der Waals surface area contributed by atoms with Crippen molar-refractivity contribution in [2.45, 2.75) is 76.0 Å². The van der Waals surface area contributed by atoms with Crippen molar-refractivity contribution >= 4 is 46.2 Å². The summed E-state index contributed by atoms with van der Waals surface area (Å²) in [5, 5.41) is 15.1. The van der Waals surface area contributed by atoms with Gasteiger partial charge < -0.3 is 30.8 Å². The number of primary amides is 1. The van der Waals surface area contributed by atoms with Gasteiger partial charge in [0.1, 0.15) is 24.7 Å². The summed E-state index contributed by atoms with van der Waals surface area (Å²) in [5.74, 6) is -1.91. The van der Waals surface area contributed by atoms with Crippen molar-refractivity contribution < 1.29 is 41.5 Å². The number of benzene rings is 1. The molecule has 7 rings (SSSR count). The minimum absolute atomic E-state index is 0.00370. The van der Waals surface area contributed by atoms with Crippen molar-refractivity contribution in [3.63, 3.8) is 0 Å². The first kappa shape index (κ1) is 43.7. The van der Waals surface area contributed by atoms with Gasteiger partial charge in [-0.25, -0.2) is 14.8 Å². The van der Waals surface area contributed by atoms with E-state index in [1.54, 1.807) is 22.5 Å². The first-order valence-electron chi connectivity index (χ1n) is 20.5. The minimum Gasteiger partial charge on any atom is -0.444 e. The molecule has 4 amide bonds. The van der Waals surface area contributed by atoms with Crippen molar-refractivity contribution in [1.82, 2.24) is 39.5 Å². The van der Waals surface area contributed by atoms with Gasteiger partial charge in [0.25, 0.3) is 11.8 Å². The Morgan fingerprint density at radius 2 is 1.85 bits per heavy atom. The maximum Gasteiger partial charge on any atom is 0.405 e. The first-order valence-corrected chi connectivity index (χ1v) is 20.5. The van der Waals surface area contributed by atoms with E-state index in [-0.39, 0.29) is 59.3 Å². The number of aryl methyl sites for hydroxylation is 2. The number of hydrogen-bond donors (Lipinski definition) is 5. The lowest BCUT2D eigenvalue weighted by Gasteiger charge is -2.28. The van der Waals surface area contributed by atoms with Crippen LogP contribution in [0.5, 0.6) is 0 Å². The lowest BCUT2D eigenvalue weighted by atomic mass is 9.86. The molecule has 5 heterocycles. The molecular weight excluding hydrogens is 816 g/mol. The summed E-state index contributed by atoms with van der Waals surface area (Å²) < 4.78 is 53.9. The number of aromatic nitrogens is 6. The van der Waals surface area contributed by atoms with Crippen LogP contribution >= 0.6 is 0 Å². The van der Waals surface area contributed by atoms with Crippen LogP contribution in [0.15, 0.2) is 58.2 Å². The summed E-state index contributed by atoms with van der Waals surface area (Å²) in [7, 11) is 1.70. The Balaban J connectivity index is 0.812. The highest BCUT2D eigenvalue weighted by Gasteiger charge is 2.32. The number of para-hydroxylation sites is 1. The number of fused-ring (bicyclic) bond motifs is 1. The zero-order valence-electron chi connectivity index (χ0n) is 34.0. The number of imide groups is 1. The monoisotopic (exact) mass is 863 g/mol. The van der Waals surface area contributed by atoms with Crippen molar-refractivity contribution in [3.8, 4) is 11.5 Å². The van der Waals surface area contributed by atoms with Crippen LogP contribution in [0.3, 0.4) is 0 Å². The molecule has 62 heavy (non-hydrogen) atoms. The number of carbonyl (C=O) groups is 4. The fourth-order valence-electron chi connectivity index (χ4n) is 8.04. The van der Waals surface area contributed by atoms with Crippen molar-refractivity contribution in [2.24, 2.45) is 18.7 Å². The quantitative estimate of drug-likeness (QED) is 0.0615. The summed E-state index contributed by atoms with van der Waals surface area (Å²) in [5.41, 5.74) is 7.94. The number of nitrogens with one attached hydrogen (secondary N) is 4. The number of anilines is 2. The predicted octanol–water partition coefficient (Wildman–Crippen LogP) is 4.25. The second-order valence-electron chi connectivity index (χ2n) is 15.5. The molecule has 21 heteroatoms. The molecule has 2 fully saturated rings. The summed E-state index contributed by atoms with van der Waals surface area (Å²) in [4.78, 5) is 70.8. The number of carbonyl (C=O) groups excluding carboxylic acids is 4. The Kier molecular flexibility index (Phi) is 13.5. The number of amides is 4. The van der Waals surface area contributed by atoms with E-state index in [9.17, 15) is 37.1 Å². The molecule has 1 aliphatic heterocycles. The zero-order chi connectivity index (χ0) is 44.0. The van der Waals surface area contributed by atoms with Crippen LogP contribution in [0.25, 0.3) is 22.5 Å². The Bertz CT molecular complexity index is 2480. The number of nitrogens with zero attached hydrogens (tertiary/aromatic N) is 6. The lowest BCUT2D eigenvalue weighted by molar-refractivity contribution is -0.135. The largest absolute Gasteiger partial charge is 0.444 e. The molecule has 18 nitrogen and oxygen atoms in total. The third-order valence-electron chi connectivity index (χ3n) is 11.1. The van der Waals surface area contributed by atoms with E-state index in [1.165, 1.54) is 22.9 Å². The van der Waals surface area contributed by atoms with Crippen LogP contribution in [0.1, 0.15) is 90.0 Å². The number of imidazole rings is 1. The van der Waals surface area contributed by atoms with Crippen molar-refractivity contribution in [1.29, 1.82) is 0 Å². The van der Waals surface area contributed by atoms with Crippen LogP contribution in [-0.2, 0) is 27.8 Å². The molecule has 330 valence electrons. The molecule has 1 aliphatic carbocycles. The van der Waals surface area contributed by atoms with Gasteiger partial charge in [-0.2, -0.15) is 18.3 Å². The summed E-state index contributed by atoms with van der Waals surface area (Å²) in [6.07, 6.45) is 5.77. The van der Waals surface area contributed by atoms with Gasteiger partial charge in [-0.15, -0.1) is 0 Å². The Hall–Kier alpha value is -6.35. The highest BCUT2D eigenvalue weighted by atomic mass is 19.4. The number of nitrogens with two attached hydrogens (primary N) is 1. The number of pyridine rings is 1. The van der Waals surface area contributed by atoms with E-state index in [4.69, 9.17) is 14.9 Å². The molecule has 1 saturated carbocycles. The van der Waals surface area contributed by atoms with Gasteiger partial charge in [0.05, 0.1) is 22.8 Å². The van der Waals surface area contributed by atoms with E-state index in [0.29, 0.717) is 36.6 Å². The van der Waals surface area contributed by atoms with E-state index >= 15 is 0 Å². The molecule has 1 atom stereocenters. The number of hydrogen-bond acceptors (Lipinski definition) is 12. The first-order chi connectivity index (χ1) is 29.8. The molecule has 6 N–H and O–H groups in total. The average molecular weight is 864 g/mol. The number of oxazole rings is 1. The molecule has 1 aromatic carbocycles. The maximum atomic E-state index is 13.2. The second kappa shape index (κ2) is 19.1. The molecule has 1 saturated heterocycles. The Morgan fingerprint density at radius 3 is 2.61 bits per heavy atom. The van der Waals surface area contributed by atoms with E-state index in [2.05, 4.69) is 36.3 Å². The van der Waals surface area contributed by atoms with Gasteiger partial charge >= 0.3 is 11.9 Å². The third-order valence-corrected chi connectivity index (χ3v) is 11.1. The highest BCUT2D eigenvalue weighted by molar-refractivity contribution is 6.07. The molecule has 2 aliphatic rings. The number of rotatable bonds is 18. The minimum atomic E-state index is -4.44. The SMILES string of the molecule is Cn1c(=O)n(C2CCC(=O)NC2=O)c2cccc(CCCOCCCNCC3CCC(n4cc(NC(=O)c5coc(-c6ccnc(NCC(F)(F)F)c6)n5)c(C(N)=O)n4)CC3)c21. The normalized spacial score (nSPS) is 18.2. The average Bonchev–Trinajstić information content (AvgIpc) is 3.97. The Morgan fingerprint density at radius 1 is 1.06 bits per heavy atom. The van der Waals surface area contributed by atoms with Gasteiger partial charge in [-0.1, -0.05) is 12.1 Å². The smallest absolute Gasteiger partial charge is 0.405 e. The van der Waals surface area contributed by atoms with Crippen LogP contribution in [0.4, 0.5) is 24.7 Å². The van der Waals surface area contributed by atoms with Crippen molar-refractivity contribution in [2.75, 3.05) is 43.5 Å². The summed E-state index contributed by atoms with van der Waals surface area (Å²) >= 11 is 0. The van der Waals surface area contributed by atoms with Crippen LogP contribution in [-0.4, -0.2) is 91.5 Å². The summed E-state index contributed by atoms with van der Waals surface area (Å²) in [6.45, 7) is 1.54. The zero-order valence-corrected chi connectivity index (χ0v) is 34.0. The highest BCUT2D eigenvalue weighted by Crippen LogP contribution is 2.33. The fraction of sp³-hybridized carbons (Fsp3) is 0.463.